The van der Waals surface area contributed by atoms with Crippen molar-refractivity contribution in [1.82, 2.24) is 0 Å². The van der Waals surface area contributed by atoms with Gasteiger partial charge in [-0.2, -0.15) is 0 Å². The normalized spacial score (nSPS) is 12.7. The van der Waals surface area contributed by atoms with Crippen LogP contribution < -0.4 is 0 Å². The number of nitro groups is 2. The average molecular weight is 541 g/mol. The summed E-state index contributed by atoms with van der Waals surface area (Å²) in [5, 5.41) is 22.7. The standard InChI is InChI=1S/C32H48N2O5/c35-33(36)31(29-21-13-11-14-22-29)25-17-7-3-1-5-9-19-27-39-28-20-10-6-2-4-8-18-26-32(34(37)38)30-23-15-12-16-24-30/h11-16,21-24,31-32H,1-10,17-20,25-28H2. The Hall–Kier alpha value is -2.80. The maximum Gasteiger partial charge on any atom is 0.238 e. The van der Waals surface area contributed by atoms with E-state index < -0.39 is 12.1 Å². The fraction of sp³-hybridized carbons (Fsp3) is 0.625. The fourth-order valence-electron chi connectivity index (χ4n) is 5.09. The third-order valence-electron chi connectivity index (χ3n) is 7.41. The van der Waals surface area contributed by atoms with Gasteiger partial charge in [0.05, 0.1) is 0 Å². The second-order valence-electron chi connectivity index (χ2n) is 10.6. The minimum absolute atomic E-state index is 0.151. The monoisotopic (exact) mass is 540 g/mol. The third-order valence-corrected chi connectivity index (χ3v) is 7.41. The SMILES string of the molecule is O=[N+]([O-])C(CCCCCCCCCOCCCCCCCCCC(c1ccccc1)[N+](=O)[O-])c1ccccc1. The van der Waals surface area contributed by atoms with Gasteiger partial charge in [0, 0.05) is 47.0 Å². The highest BCUT2D eigenvalue weighted by molar-refractivity contribution is 5.18. The molecule has 0 aromatic heterocycles. The van der Waals surface area contributed by atoms with Gasteiger partial charge in [-0.3, -0.25) is 20.2 Å². The molecule has 0 amide bonds. The molecule has 0 bridgehead atoms. The van der Waals surface area contributed by atoms with Gasteiger partial charge in [-0.1, -0.05) is 125 Å². The van der Waals surface area contributed by atoms with Gasteiger partial charge < -0.3 is 4.74 Å². The minimum atomic E-state index is -0.579. The largest absolute Gasteiger partial charge is 0.381 e. The van der Waals surface area contributed by atoms with E-state index in [0.29, 0.717) is 12.8 Å². The Labute approximate surface area is 234 Å². The molecule has 0 aliphatic heterocycles. The molecule has 0 spiro atoms. The molecule has 0 N–H and O–H groups in total. The van der Waals surface area contributed by atoms with E-state index in [-0.39, 0.29) is 9.85 Å². The first-order valence-corrected chi connectivity index (χ1v) is 15.0. The summed E-state index contributed by atoms with van der Waals surface area (Å²) in [6.45, 7) is 1.67. The molecule has 7 nitrogen and oxygen atoms in total. The third kappa shape index (κ3) is 14.8. The molecule has 0 heterocycles. The molecule has 2 rings (SSSR count). The second kappa shape index (κ2) is 21.1. The van der Waals surface area contributed by atoms with Crippen LogP contribution in [0.2, 0.25) is 0 Å². The van der Waals surface area contributed by atoms with E-state index in [1.165, 1.54) is 38.5 Å². The zero-order chi connectivity index (χ0) is 28.0. The molecular formula is C32H48N2O5. The van der Waals surface area contributed by atoms with Gasteiger partial charge in [0.2, 0.25) is 12.1 Å². The summed E-state index contributed by atoms with van der Waals surface area (Å²) in [7, 11) is 0. The smallest absolute Gasteiger partial charge is 0.238 e. The first-order valence-electron chi connectivity index (χ1n) is 15.0. The van der Waals surface area contributed by atoms with Crippen LogP contribution in [0.25, 0.3) is 0 Å². The van der Waals surface area contributed by atoms with Gasteiger partial charge >= 0.3 is 0 Å². The van der Waals surface area contributed by atoms with Crippen molar-refractivity contribution in [3.05, 3.63) is 92.0 Å². The van der Waals surface area contributed by atoms with E-state index in [0.717, 1.165) is 75.7 Å². The van der Waals surface area contributed by atoms with E-state index >= 15 is 0 Å². The van der Waals surface area contributed by atoms with Crippen molar-refractivity contribution in [3.8, 4) is 0 Å². The van der Waals surface area contributed by atoms with Crippen LogP contribution in [0, 0.1) is 20.2 Å². The molecule has 2 atom stereocenters. The van der Waals surface area contributed by atoms with Crippen LogP contribution in [0.1, 0.15) is 126 Å². The van der Waals surface area contributed by atoms with Gasteiger partial charge in [0.25, 0.3) is 0 Å². The summed E-state index contributed by atoms with van der Waals surface area (Å²) < 4.78 is 5.78. The van der Waals surface area contributed by atoms with Crippen LogP contribution in [0.3, 0.4) is 0 Å². The van der Waals surface area contributed by atoms with Crippen molar-refractivity contribution in [2.45, 2.75) is 115 Å². The summed E-state index contributed by atoms with van der Waals surface area (Å²) in [5.41, 5.74) is 1.62. The zero-order valence-corrected chi connectivity index (χ0v) is 23.6. The molecule has 2 aromatic carbocycles. The molecule has 0 aliphatic rings. The van der Waals surface area contributed by atoms with Crippen molar-refractivity contribution in [1.29, 1.82) is 0 Å². The zero-order valence-electron chi connectivity index (χ0n) is 23.6. The summed E-state index contributed by atoms with van der Waals surface area (Å²) in [5.74, 6) is 0. The summed E-state index contributed by atoms with van der Waals surface area (Å²) in [4.78, 5) is 22.4. The number of hydrogen-bond donors (Lipinski definition) is 0. The van der Waals surface area contributed by atoms with Crippen LogP contribution in [0.15, 0.2) is 60.7 Å². The molecular weight excluding hydrogens is 492 g/mol. The highest BCUT2D eigenvalue weighted by Crippen LogP contribution is 2.24. The highest BCUT2D eigenvalue weighted by atomic mass is 16.6. The van der Waals surface area contributed by atoms with Crippen molar-refractivity contribution in [3.63, 3.8) is 0 Å². The lowest BCUT2D eigenvalue weighted by molar-refractivity contribution is -0.530. The van der Waals surface area contributed by atoms with Crippen molar-refractivity contribution < 1.29 is 14.6 Å². The summed E-state index contributed by atoms with van der Waals surface area (Å²) in [6, 6.07) is 17.5. The molecule has 2 aromatic rings. The summed E-state index contributed by atoms with van der Waals surface area (Å²) >= 11 is 0. The van der Waals surface area contributed by atoms with Crippen molar-refractivity contribution in [2.24, 2.45) is 0 Å². The van der Waals surface area contributed by atoms with E-state index in [4.69, 9.17) is 4.74 Å². The van der Waals surface area contributed by atoms with Gasteiger partial charge in [0.1, 0.15) is 0 Å². The predicted octanol–water partition coefficient (Wildman–Crippen LogP) is 9.28. The topological polar surface area (TPSA) is 95.5 Å². The molecule has 2 unspecified atom stereocenters. The summed E-state index contributed by atoms with van der Waals surface area (Å²) in [6.07, 6.45) is 16.8. The Kier molecular flexibility index (Phi) is 17.5. The van der Waals surface area contributed by atoms with E-state index in [2.05, 4.69) is 0 Å². The lowest BCUT2D eigenvalue weighted by Crippen LogP contribution is -2.10. The molecule has 39 heavy (non-hydrogen) atoms. The van der Waals surface area contributed by atoms with Gasteiger partial charge in [-0.25, -0.2) is 0 Å². The highest BCUT2D eigenvalue weighted by Gasteiger charge is 2.22. The lowest BCUT2D eigenvalue weighted by Gasteiger charge is -2.09. The fourth-order valence-corrected chi connectivity index (χ4v) is 5.09. The Balaban J connectivity index is 1.32. The molecule has 0 fully saturated rings. The number of ether oxygens (including phenoxy) is 1. The van der Waals surface area contributed by atoms with E-state index in [1.54, 1.807) is 0 Å². The first kappa shape index (κ1) is 32.4. The van der Waals surface area contributed by atoms with Crippen molar-refractivity contribution in [2.75, 3.05) is 13.2 Å². The maximum atomic E-state index is 11.4. The second-order valence-corrected chi connectivity index (χ2v) is 10.6. The van der Waals surface area contributed by atoms with E-state index in [9.17, 15) is 20.2 Å². The lowest BCUT2D eigenvalue weighted by atomic mass is 10.00. The van der Waals surface area contributed by atoms with Crippen molar-refractivity contribution >= 4 is 0 Å². The van der Waals surface area contributed by atoms with Crippen LogP contribution in [0.5, 0.6) is 0 Å². The van der Waals surface area contributed by atoms with Crippen LogP contribution >= 0.6 is 0 Å². The average Bonchev–Trinajstić information content (AvgIpc) is 2.94. The molecule has 216 valence electrons. The van der Waals surface area contributed by atoms with Crippen LogP contribution in [-0.4, -0.2) is 23.1 Å². The van der Waals surface area contributed by atoms with Crippen LogP contribution in [-0.2, 0) is 4.74 Å². The molecule has 0 radical (unpaired) electrons. The Morgan fingerprint density at radius 2 is 0.795 bits per heavy atom. The number of hydrogen-bond acceptors (Lipinski definition) is 5. The number of rotatable bonds is 24. The number of benzene rings is 2. The Morgan fingerprint density at radius 1 is 0.487 bits per heavy atom. The van der Waals surface area contributed by atoms with E-state index in [1.807, 2.05) is 60.7 Å². The molecule has 0 saturated heterocycles. The minimum Gasteiger partial charge on any atom is -0.381 e. The molecule has 7 heteroatoms. The van der Waals surface area contributed by atoms with Gasteiger partial charge in [0.15, 0.2) is 0 Å². The quantitative estimate of drug-likeness (QED) is 0.0751. The Bertz CT molecular complexity index is 820. The number of unbranched alkanes of at least 4 members (excludes halogenated alkanes) is 12. The first-order chi connectivity index (χ1) is 19.1. The molecule has 0 saturated carbocycles. The van der Waals surface area contributed by atoms with Gasteiger partial charge in [-0.05, 0) is 25.7 Å². The van der Waals surface area contributed by atoms with Gasteiger partial charge in [-0.15, -0.1) is 0 Å². The number of nitrogens with zero attached hydrogens (tertiary/aromatic N) is 2. The maximum absolute atomic E-state index is 11.4. The molecule has 0 aliphatic carbocycles. The van der Waals surface area contributed by atoms with Crippen LogP contribution in [0.4, 0.5) is 0 Å². The Morgan fingerprint density at radius 3 is 1.13 bits per heavy atom. The predicted molar refractivity (Wildman–Crippen MR) is 157 cm³/mol.